The van der Waals surface area contributed by atoms with Crippen LogP contribution in [-0.4, -0.2) is 11.5 Å². The summed E-state index contributed by atoms with van der Waals surface area (Å²) >= 11 is 1.87. The lowest BCUT2D eigenvalue weighted by Gasteiger charge is -2.23. The molecule has 0 unspecified atom stereocenters. The van der Waals surface area contributed by atoms with E-state index in [9.17, 15) is 0 Å². The van der Waals surface area contributed by atoms with Crippen molar-refractivity contribution in [1.29, 1.82) is 0 Å². The van der Waals surface area contributed by atoms with E-state index in [1.165, 1.54) is 22.4 Å². The molecule has 2 aromatic rings. The summed E-state index contributed by atoms with van der Waals surface area (Å²) in [6, 6.07) is 6.90. The Labute approximate surface area is 99.4 Å². The lowest BCUT2D eigenvalue weighted by Crippen LogP contribution is -2.29. The molecule has 0 aliphatic carbocycles. The van der Waals surface area contributed by atoms with Crippen molar-refractivity contribution in [2.45, 2.75) is 18.9 Å². The first-order valence-corrected chi connectivity index (χ1v) is 6.50. The van der Waals surface area contributed by atoms with E-state index in [-0.39, 0.29) is 0 Å². The van der Waals surface area contributed by atoms with Gasteiger partial charge in [-0.2, -0.15) is 0 Å². The molecule has 2 nitrogen and oxygen atoms in total. The Morgan fingerprint density at radius 3 is 3.31 bits per heavy atom. The van der Waals surface area contributed by atoms with Crippen LogP contribution in [0.5, 0.6) is 0 Å². The van der Waals surface area contributed by atoms with Crippen LogP contribution in [0.25, 0.3) is 0 Å². The molecule has 2 aromatic heterocycles. The summed E-state index contributed by atoms with van der Waals surface area (Å²) in [5.41, 5.74) is 2.83. The highest BCUT2D eigenvalue weighted by Gasteiger charge is 2.20. The Hall–Kier alpha value is -1.19. The molecule has 0 saturated heterocycles. The number of thiophene rings is 1. The maximum atomic E-state index is 4.17. The number of pyridine rings is 1. The Kier molecular flexibility index (Phi) is 2.72. The van der Waals surface area contributed by atoms with E-state index >= 15 is 0 Å². The fraction of sp³-hybridized carbons (Fsp3) is 0.308. The van der Waals surface area contributed by atoms with Crippen LogP contribution in [0.1, 0.15) is 22.0 Å². The van der Waals surface area contributed by atoms with Crippen LogP contribution in [-0.2, 0) is 12.8 Å². The van der Waals surface area contributed by atoms with Gasteiger partial charge in [-0.05, 0) is 48.0 Å². The lowest BCUT2D eigenvalue weighted by molar-refractivity contribution is 0.512. The van der Waals surface area contributed by atoms with Crippen molar-refractivity contribution < 1.29 is 0 Å². The zero-order chi connectivity index (χ0) is 10.8. The first kappa shape index (κ1) is 10.00. The van der Waals surface area contributed by atoms with E-state index in [2.05, 4.69) is 27.8 Å². The molecule has 1 atom stereocenters. The molecule has 0 radical (unpaired) electrons. The first-order chi connectivity index (χ1) is 7.93. The van der Waals surface area contributed by atoms with Gasteiger partial charge in [0.2, 0.25) is 0 Å². The van der Waals surface area contributed by atoms with Gasteiger partial charge in [0.05, 0.1) is 0 Å². The standard InChI is InChI=1S/C13H14N2S/c1-2-10(9-14-5-1)8-12-13-11(3-6-15-12)4-7-16-13/h1-2,4-5,7,9,12,15H,3,6,8H2/t12-/m1/s1. The van der Waals surface area contributed by atoms with Crippen LogP contribution in [0.4, 0.5) is 0 Å². The molecule has 0 amide bonds. The highest BCUT2D eigenvalue weighted by molar-refractivity contribution is 7.10. The number of fused-ring (bicyclic) bond motifs is 1. The highest BCUT2D eigenvalue weighted by atomic mass is 32.1. The third kappa shape index (κ3) is 1.88. The average molecular weight is 230 g/mol. The van der Waals surface area contributed by atoms with E-state index < -0.39 is 0 Å². The predicted molar refractivity (Wildman–Crippen MR) is 66.7 cm³/mol. The van der Waals surface area contributed by atoms with Gasteiger partial charge in [-0.15, -0.1) is 11.3 Å². The van der Waals surface area contributed by atoms with Crippen LogP contribution in [0.2, 0.25) is 0 Å². The molecule has 16 heavy (non-hydrogen) atoms. The fourth-order valence-corrected chi connectivity index (χ4v) is 3.28. The summed E-state index contributed by atoms with van der Waals surface area (Å²) < 4.78 is 0. The van der Waals surface area contributed by atoms with Crippen molar-refractivity contribution in [3.8, 4) is 0 Å². The van der Waals surface area contributed by atoms with Crippen LogP contribution in [0.3, 0.4) is 0 Å². The molecule has 0 saturated carbocycles. The second kappa shape index (κ2) is 4.36. The van der Waals surface area contributed by atoms with Crippen molar-refractivity contribution >= 4 is 11.3 Å². The van der Waals surface area contributed by atoms with Crippen molar-refractivity contribution in [3.63, 3.8) is 0 Å². The van der Waals surface area contributed by atoms with Crippen LogP contribution >= 0.6 is 11.3 Å². The van der Waals surface area contributed by atoms with Gasteiger partial charge in [0, 0.05) is 23.3 Å². The van der Waals surface area contributed by atoms with Crippen molar-refractivity contribution in [2.75, 3.05) is 6.54 Å². The van der Waals surface area contributed by atoms with E-state index in [0.29, 0.717) is 6.04 Å². The van der Waals surface area contributed by atoms with Gasteiger partial charge in [0.1, 0.15) is 0 Å². The summed E-state index contributed by atoms with van der Waals surface area (Å²) in [6.45, 7) is 1.09. The predicted octanol–water partition coefficient (Wildman–Crippen LogP) is 2.57. The monoisotopic (exact) mass is 230 g/mol. The molecule has 3 heteroatoms. The molecular weight excluding hydrogens is 216 g/mol. The van der Waals surface area contributed by atoms with E-state index in [4.69, 9.17) is 0 Å². The lowest BCUT2D eigenvalue weighted by atomic mass is 9.99. The van der Waals surface area contributed by atoms with Crippen molar-refractivity contribution in [2.24, 2.45) is 0 Å². The summed E-state index contributed by atoms with van der Waals surface area (Å²) in [5, 5.41) is 5.79. The third-order valence-electron chi connectivity index (χ3n) is 3.04. The molecule has 82 valence electrons. The molecule has 0 spiro atoms. The maximum Gasteiger partial charge on any atom is 0.0459 e. The van der Waals surface area contributed by atoms with E-state index in [1.807, 2.05) is 29.8 Å². The zero-order valence-corrected chi connectivity index (χ0v) is 9.83. The number of nitrogens with zero attached hydrogens (tertiary/aromatic N) is 1. The van der Waals surface area contributed by atoms with Crippen LogP contribution in [0.15, 0.2) is 36.0 Å². The Morgan fingerprint density at radius 2 is 2.44 bits per heavy atom. The third-order valence-corrected chi connectivity index (χ3v) is 4.12. The number of hydrogen-bond acceptors (Lipinski definition) is 3. The van der Waals surface area contributed by atoms with Gasteiger partial charge in [-0.3, -0.25) is 4.98 Å². The molecule has 0 aromatic carbocycles. The number of nitrogens with one attached hydrogen (secondary N) is 1. The molecule has 1 N–H and O–H groups in total. The molecule has 1 aliphatic rings. The molecule has 1 aliphatic heterocycles. The summed E-state index contributed by atoms with van der Waals surface area (Å²) in [6.07, 6.45) is 6.00. The topological polar surface area (TPSA) is 24.9 Å². The Morgan fingerprint density at radius 1 is 1.44 bits per heavy atom. The number of hydrogen-bond donors (Lipinski definition) is 1. The maximum absolute atomic E-state index is 4.17. The summed E-state index contributed by atoms with van der Waals surface area (Å²) in [5.74, 6) is 0. The van der Waals surface area contributed by atoms with E-state index in [1.54, 1.807) is 0 Å². The second-order valence-corrected chi connectivity index (χ2v) is 5.08. The van der Waals surface area contributed by atoms with Gasteiger partial charge in [0.15, 0.2) is 0 Å². The van der Waals surface area contributed by atoms with Crippen LogP contribution in [0, 0.1) is 0 Å². The van der Waals surface area contributed by atoms with Crippen molar-refractivity contribution in [1.82, 2.24) is 10.3 Å². The van der Waals surface area contributed by atoms with E-state index in [0.717, 1.165) is 13.0 Å². The van der Waals surface area contributed by atoms with Gasteiger partial charge in [-0.1, -0.05) is 6.07 Å². The smallest absolute Gasteiger partial charge is 0.0459 e. The summed E-state index contributed by atoms with van der Waals surface area (Å²) in [4.78, 5) is 5.68. The molecule has 0 fully saturated rings. The number of rotatable bonds is 2. The first-order valence-electron chi connectivity index (χ1n) is 5.62. The SMILES string of the molecule is c1cncc(C[C@H]2NCCc3ccsc32)c1. The van der Waals surface area contributed by atoms with Gasteiger partial charge in [-0.25, -0.2) is 0 Å². The highest BCUT2D eigenvalue weighted by Crippen LogP contribution is 2.30. The Bertz CT molecular complexity index is 464. The molecule has 0 bridgehead atoms. The van der Waals surface area contributed by atoms with Gasteiger partial charge in [0.25, 0.3) is 0 Å². The van der Waals surface area contributed by atoms with Crippen molar-refractivity contribution in [3.05, 3.63) is 52.0 Å². The normalized spacial score (nSPS) is 19.4. The second-order valence-electron chi connectivity index (χ2n) is 4.13. The zero-order valence-electron chi connectivity index (χ0n) is 9.02. The molecular formula is C13H14N2S. The minimum Gasteiger partial charge on any atom is -0.309 e. The van der Waals surface area contributed by atoms with Crippen LogP contribution < -0.4 is 5.32 Å². The van der Waals surface area contributed by atoms with Gasteiger partial charge >= 0.3 is 0 Å². The largest absolute Gasteiger partial charge is 0.309 e. The minimum atomic E-state index is 0.480. The molecule has 3 heterocycles. The number of aromatic nitrogens is 1. The quantitative estimate of drug-likeness (QED) is 0.857. The average Bonchev–Trinajstić information content (AvgIpc) is 2.80. The minimum absolute atomic E-state index is 0.480. The fourth-order valence-electron chi connectivity index (χ4n) is 2.25. The summed E-state index contributed by atoms with van der Waals surface area (Å²) in [7, 11) is 0. The Balaban J connectivity index is 1.83. The van der Waals surface area contributed by atoms with Gasteiger partial charge < -0.3 is 5.32 Å². The molecule has 3 rings (SSSR count).